The third-order valence-electron chi connectivity index (χ3n) is 4.53. The Balaban J connectivity index is 1.39. The van der Waals surface area contributed by atoms with Gasteiger partial charge in [-0.2, -0.15) is 0 Å². The van der Waals surface area contributed by atoms with Gasteiger partial charge in [0.05, 0.1) is 36.5 Å². The van der Waals surface area contributed by atoms with Crippen molar-refractivity contribution in [3.63, 3.8) is 0 Å². The first-order valence-corrected chi connectivity index (χ1v) is 9.61. The number of hydrogen-bond acceptors (Lipinski definition) is 6. The quantitative estimate of drug-likeness (QED) is 0.712. The molecule has 9 heteroatoms. The number of amides is 2. The maximum atomic E-state index is 12.7. The normalized spacial score (nSPS) is 16.1. The van der Waals surface area contributed by atoms with E-state index in [1.54, 1.807) is 36.8 Å². The summed E-state index contributed by atoms with van der Waals surface area (Å²) in [7, 11) is 0. The van der Waals surface area contributed by atoms with E-state index in [2.05, 4.69) is 25.9 Å². The molecule has 1 saturated heterocycles. The molecule has 0 atom stereocenters. The number of carbonyl (C=O) groups is 1. The molecule has 1 aromatic heterocycles. The number of nitrogens with zero attached hydrogens (tertiary/aromatic N) is 3. The van der Waals surface area contributed by atoms with E-state index in [0.717, 1.165) is 24.5 Å². The number of ether oxygens (including phenoxy) is 1. The highest BCUT2D eigenvalue weighted by atomic mass is 35.5. The van der Waals surface area contributed by atoms with Crippen LogP contribution in [-0.4, -0.2) is 47.2 Å². The zero-order valence-corrected chi connectivity index (χ0v) is 16.4. The van der Waals surface area contributed by atoms with Gasteiger partial charge in [0.15, 0.2) is 0 Å². The summed E-state index contributed by atoms with van der Waals surface area (Å²) in [6, 6.07) is 8.71. The van der Waals surface area contributed by atoms with Gasteiger partial charge < -0.3 is 20.3 Å². The van der Waals surface area contributed by atoms with Crippen LogP contribution in [0.5, 0.6) is 0 Å². The molecule has 2 aliphatic rings. The second-order valence-corrected chi connectivity index (χ2v) is 6.90. The number of morpholine rings is 1. The van der Waals surface area contributed by atoms with Crippen molar-refractivity contribution < 1.29 is 9.53 Å². The molecule has 0 unspecified atom stereocenters. The van der Waals surface area contributed by atoms with Gasteiger partial charge in [-0.25, -0.2) is 9.80 Å². The van der Waals surface area contributed by atoms with Gasteiger partial charge in [0.1, 0.15) is 0 Å². The minimum atomic E-state index is -0.316. The van der Waals surface area contributed by atoms with Crippen molar-refractivity contribution in [1.82, 2.24) is 20.3 Å². The number of hydrazine groups is 1. The predicted octanol–water partition coefficient (Wildman–Crippen LogP) is 3.52. The van der Waals surface area contributed by atoms with Crippen LogP contribution in [-0.2, 0) is 4.74 Å². The number of anilines is 3. The van der Waals surface area contributed by atoms with Crippen molar-refractivity contribution in [2.24, 2.45) is 0 Å². The third kappa shape index (κ3) is 4.79. The van der Waals surface area contributed by atoms with Gasteiger partial charge in [0, 0.05) is 42.4 Å². The summed E-state index contributed by atoms with van der Waals surface area (Å²) in [5.74, 6) is 0. The van der Waals surface area contributed by atoms with Crippen LogP contribution in [0.3, 0.4) is 0 Å². The minimum Gasteiger partial charge on any atom is -0.378 e. The first-order valence-electron chi connectivity index (χ1n) is 9.23. The average molecular weight is 413 g/mol. The lowest BCUT2D eigenvalue weighted by Crippen LogP contribution is -2.43. The number of pyridine rings is 1. The summed E-state index contributed by atoms with van der Waals surface area (Å²) < 4.78 is 5.37. The molecular weight excluding hydrogens is 392 g/mol. The van der Waals surface area contributed by atoms with Gasteiger partial charge in [-0.1, -0.05) is 11.6 Å². The monoisotopic (exact) mass is 412 g/mol. The molecule has 1 fully saturated rings. The first-order chi connectivity index (χ1) is 14.2. The number of nitrogens with one attached hydrogen (secondary N) is 3. The van der Waals surface area contributed by atoms with Crippen LogP contribution in [0, 0.1) is 0 Å². The molecule has 0 saturated carbocycles. The molecule has 2 aliphatic heterocycles. The fourth-order valence-corrected chi connectivity index (χ4v) is 3.12. The molecule has 29 heavy (non-hydrogen) atoms. The molecule has 0 spiro atoms. The number of allylic oxidation sites excluding steroid dienone is 1. The van der Waals surface area contributed by atoms with Crippen LogP contribution in [0.25, 0.3) is 0 Å². The number of rotatable bonds is 4. The van der Waals surface area contributed by atoms with Gasteiger partial charge in [-0.05, 0) is 36.4 Å². The highest BCUT2D eigenvalue weighted by molar-refractivity contribution is 6.30. The standard InChI is InChI=1S/C20H21ClN6O2/c21-15-1-3-16(4-2-15)24-19-14-22-7-5-18(19)25-20(28)27-8-6-17(13-23-27)26-9-11-29-12-10-26/h1-8,13-14,23-24H,9-12H2,(H,22,25,28). The number of carbonyl (C=O) groups excluding carboxylic acids is 1. The van der Waals surface area contributed by atoms with Crippen LogP contribution in [0.2, 0.25) is 5.02 Å². The van der Waals surface area contributed by atoms with E-state index in [1.807, 2.05) is 24.4 Å². The molecule has 0 radical (unpaired) electrons. The van der Waals surface area contributed by atoms with E-state index in [4.69, 9.17) is 16.3 Å². The zero-order chi connectivity index (χ0) is 20.1. The zero-order valence-electron chi connectivity index (χ0n) is 15.6. The molecule has 150 valence electrons. The lowest BCUT2D eigenvalue weighted by molar-refractivity contribution is 0.0545. The maximum Gasteiger partial charge on any atom is 0.344 e. The van der Waals surface area contributed by atoms with E-state index in [1.165, 1.54) is 5.01 Å². The Morgan fingerprint density at radius 3 is 2.66 bits per heavy atom. The second kappa shape index (κ2) is 8.85. The lowest BCUT2D eigenvalue weighted by Gasteiger charge is -2.32. The van der Waals surface area contributed by atoms with Crippen molar-refractivity contribution in [2.75, 3.05) is 36.9 Å². The number of halogens is 1. The third-order valence-corrected chi connectivity index (χ3v) is 4.78. The summed E-state index contributed by atoms with van der Waals surface area (Å²) in [4.78, 5) is 19.0. The second-order valence-electron chi connectivity index (χ2n) is 6.47. The first kappa shape index (κ1) is 19.1. The van der Waals surface area contributed by atoms with Crippen molar-refractivity contribution in [2.45, 2.75) is 0 Å². The molecular formula is C20H21ClN6O2. The Morgan fingerprint density at radius 1 is 1.14 bits per heavy atom. The van der Waals surface area contributed by atoms with Crippen molar-refractivity contribution in [3.05, 3.63) is 71.9 Å². The van der Waals surface area contributed by atoms with Gasteiger partial charge in [0.2, 0.25) is 0 Å². The van der Waals surface area contributed by atoms with E-state index < -0.39 is 0 Å². The Hall–Kier alpha value is -3.23. The van der Waals surface area contributed by atoms with Crippen LogP contribution in [0.4, 0.5) is 21.9 Å². The fourth-order valence-electron chi connectivity index (χ4n) is 2.99. The summed E-state index contributed by atoms with van der Waals surface area (Å²) in [5, 5.41) is 8.16. The average Bonchev–Trinajstić information content (AvgIpc) is 2.77. The van der Waals surface area contributed by atoms with Crippen molar-refractivity contribution in [3.8, 4) is 0 Å². The van der Waals surface area contributed by atoms with Crippen LogP contribution in [0.15, 0.2) is 66.9 Å². The molecule has 2 amide bonds. The van der Waals surface area contributed by atoms with E-state index in [9.17, 15) is 4.79 Å². The number of urea groups is 1. The minimum absolute atomic E-state index is 0.316. The SMILES string of the molecule is O=C(Nc1ccncc1Nc1ccc(Cl)cc1)N1C=CC(N2CCOCC2)=CN1. The van der Waals surface area contributed by atoms with E-state index in [-0.39, 0.29) is 6.03 Å². The Kier molecular flexibility index (Phi) is 5.83. The lowest BCUT2D eigenvalue weighted by atomic mass is 10.3. The summed E-state index contributed by atoms with van der Waals surface area (Å²) >= 11 is 5.93. The topological polar surface area (TPSA) is 81.8 Å². The molecule has 0 aliphatic carbocycles. The molecule has 3 N–H and O–H groups in total. The van der Waals surface area contributed by atoms with Gasteiger partial charge >= 0.3 is 6.03 Å². The Morgan fingerprint density at radius 2 is 1.93 bits per heavy atom. The smallest absolute Gasteiger partial charge is 0.344 e. The van der Waals surface area contributed by atoms with Crippen LogP contribution < -0.4 is 16.1 Å². The predicted molar refractivity (Wildman–Crippen MR) is 113 cm³/mol. The van der Waals surface area contributed by atoms with Gasteiger partial charge in [-0.3, -0.25) is 10.4 Å². The number of benzene rings is 1. The van der Waals surface area contributed by atoms with Gasteiger partial charge in [-0.15, -0.1) is 0 Å². The molecule has 1 aromatic carbocycles. The summed E-state index contributed by atoms with van der Waals surface area (Å²) in [6.45, 7) is 3.09. The molecule has 4 rings (SSSR count). The molecule has 2 aromatic rings. The maximum absolute atomic E-state index is 12.7. The molecule has 8 nitrogen and oxygen atoms in total. The highest BCUT2D eigenvalue weighted by Crippen LogP contribution is 2.25. The van der Waals surface area contributed by atoms with Crippen molar-refractivity contribution >= 4 is 34.7 Å². The summed E-state index contributed by atoms with van der Waals surface area (Å²) in [5.41, 5.74) is 6.14. The largest absolute Gasteiger partial charge is 0.378 e. The Bertz CT molecular complexity index is 925. The fraction of sp³-hybridized carbons (Fsp3) is 0.200. The highest BCUT2D eigenvalue weighted by Gasteiger charge is 2.18. The number of hydrogen-bond donors (Lipinski definition) is 3. The van der Waals surface area contributed by atoms with E-state index in [0.29, 0.717) is 29.6 Å². The molecule has 0 bridgehead atoms. The van der Waals surface area contributed by atoms with Crippen molar-refractivity contribution in [1.29, 1.82) is 0 Å². The van der Waals surface area contributed by atoms with E-state index >= 15 is 0 Å². The van der Waals surface area contributed by atoms with Gasteiger partial charge in [0.25, 0.3) is 0 Å². The molecule has 3 heterocycles. The summed E-state index contributed by atoms with van der Waals surface area (Å²) in [6.07, 6.45) is 8.69. The Labute approximate surface area is 173 Å². The van der Waals surface area contributed by atoms with Crippen LogP contribution in [0.1, 0.15) is 0 Å². The number of aromatic nitrogens is 1. The van der Waals surface area contributed by atoms with Crippen LogP contribution >= 0.6 is 11.6 Å².